The lowest BCUT2D eigenvalue weighted by Crippen LogP contribution is -2.49. The first-order chi connectivity index (χ1) is 10.8. The Labute approximate surface area is 134 Å². The Hall–Kier alpha value is -2.08. The number of amides is 1. The number of carbonyl (C=O) groups excluding carboxylic acids is 1. The molecule has 0 atom stereocenters. The van der Waals surface area contributed by atoms with Crippen LogP contribution >= 0.6 is 11.3 Å². The summed E-state index contributed by atoms with van der Waals surface area (Å²) in [5.41, 5.74) is 3.81. The molecular formula is C16H19N3O2S. The fraction of sp³-hybridized carbons (Fsp3) is 0.375. The Morgan fingerprint density at radius 3 is 2.55 bits per heavy atom. The van der Waals surface area contributed by atoms with Crippen molar-refractivity contribution in [3.8, 4) is 5.75 Å². The van der Waals surface area contributed by atoms with Crippen LogP contribution in [0.4, 0.5) is 5.69 Å². The zero-order valence-electron chi connectivity index (χ0n) is 12.6. The third kappa shape index (κ3) is 3.39. The molecule has 0 radical (unpaired) electrons. The van der Waals surface area contributed by atoms with Crippen molar-refractivity contribution >= 4 is 22.9 Å². The van der Waals surface area contributed by atoms with Crippen LogP contribution in [0.15, 0.2) is 35.2 Å². The van der Waals surface area contributed by atoms with Crippen molar-refractivity contribution in [1.82, 2.24) is 9.88 Å². The van der Waals surface area contributed by atoms with Gasteiger partial charge in [-0.1, -0.05) is 0 Å². The van der Waals surface area contributed by atoms with Gasteiger partial charge in [0.05, 0.1) is 24.7 Å². The van der Waals surface area contributed by atoms with E-state index in [1.165, 1.54) is 17.0 Å². The molecule has 0 bridgehead atoms. The SMILES string of the molecule is COc1ccc(N2CCN(C(=O)Cc3cscn3)CC2)cc1. The monoisotopic (exact) mass is 317 g/mol. The van der Waals surface area contributed by atoms with E-state index in [4.69, 9.17) is 4.74 Å². The summed E-state index contributed by atoms with van der Waals surface area (Å²) in [6.45, 7) is 3.23. The van der Waals surface area contributed by atoms with Gasteiger partial charge in [-0.3, -0.25) is 4.79 Å². The minimum atomic E-state index is 0.167. The van der Waals surface area contributed by atoms with Gasteiger partial charge in [0.25, 0.3) is 0 Å². The largest absolute Gasteiger partial charge is 0.497 e. The zero-order chi connectivity index (χ0) is 15.4. The lowest BCUT2D eigenvalue weighted by molar-refractivity contribution is -0.130. The fourth-order valence-electron chi connectivity index (χ4n) is 2.60. The summed E-state index contributed by atoms with van der Waals surface area (Å²) in [6.07, 6.45) is 0.409. The molecule has 2 aromatic rings. The molecular weight excluding hydrogens is 298 g/mol. The van der Waals surface area contributed by atoms with Gasteiger partial charge < -0.3 is 14.5 Å². The van der Waals surface area contributed by atoms with Crippen LogP contribution < -0.4 is 9.64 Å². The van der Waals surface area contributed by atoms with Gasteiger partial charge in [-0.25, -0.2) is 4.98 Å². The molecule has 0 unspecified atom stereocenters. The van der Waals surface area contributed by atoms with Crippen LogP contribution in [-0.4, -0.2) is 49.1 Å². The summed E-state index contributed by atoms with van der Waals surface area (Å²) in [7, 11) is 1.67. The van der Waals surface area contributed by atoms with E-state index in [1.54, 1.807) is 12.6 Å². The van der Waals surface area contributed by atoms with E-state index in [-0.39, 0.29) is 5.91 Å². The van der Waals surface area contributed by atoms with Gasteiger partial charge >= 0.3 is 0 Å². The molecule has 0 N–H and O–H groups in total. The smallest absolute Gasteiger partial charge is 0.228 e. The highest BCUT2D eigenvalue weighted by Gasteiger charge is 2.21. The number of rotatable bonds is 4. The highest BCUT2D eigenvalue weighted by Crippen LogP contribution is 2.20. The number of piperazine rings is 1. The average molecular weight is 317 g/mol. The lowest BCUT2D eigenvalue weighted by Gasteiger charge is -2.36. The van der Waals surface area contributed by atoms with Crippen molar-refractivity contribution in [3.05, 3.63) is 40.8 Å². The molecule has 1 saturated heterocycles. The average Bonchev–Trinajstić information content (AvgIpc) is 3.08. The highest BCUT2D eigenvalue weighted by molar-refractivity contribution is 7.07. The third-order valence-corrected chi connectivity index (χ3v) is 4.52. The Kier molecular flexibility index (Phi) is 4.58. The summed E-state index contributed by atoms with van der Waals surface area (Å²) >= 11 is 1.53. The molecule has 1 aliphatic heterocycles. The first-order valence-electron chi connectivity index (χ1n) is 7.30. The second kappa shape index (κ2) is 6.79. The topological polar surface area (TPSA) is 45.7 Å². The number of ether oxygens (including phenoxy) is 1. The molecule has 0 spiro atoms. The number of hydrogen-bond acceptors (Lipinski definition) is 5. The maximum atomic E-state index is 12.2. The van der Waals surface area contributed by atoms with Crippen LogP contribution in [0.25, 0.3) is 0 Å². The van der Waals surface area contributed by atoms with Crippen LogP contribution in [0.3, 0.4) is 0 Å². The molecule has 116 valence electrons. The zero-order valence-corrected chi connectivity index (χ0v) is 13.4. The number of thiazole rings is 1. The Balaban J connectivity index is 1.54. The van der Waals surface area contributed by atoms with Gasteiger partial charge in [-0.15, -0.1) is 11.3 Å². The summed E-state index contributed by atoms with van der Waals surface area (Å²) in [6, 6.07) is 8.06. The standard InChI is InChI=1S/C16H19N3O2S/c1-21-15-4-2-14(3-5-15)18-6-8-19(9-7-18)16(20)10-13-11-22-12-17-13/h2-5,11-12H,6-10H2,1H3. The maximum absolute atomic E-state index is 12.2. The minimum absolute atomic E-state index is 0.167. The molecule has 22 heavy (non-hydrogen) atoms. The number of benzene rings is 1. The van der Waals surface area contributed by atoms with E-state index >= 15 is 0 Å². The molecule has 5 nitrogen and oxygen atoms in total. The number of aromatic nitrogens is 1. The summed E-state index contributed by atoms with van der Waals surface area (Å²) < 4.78 is 5.18. The lowest BCUT2D eigenvalue weighted by atomic mass is 10.2. The van der Waals surface area contributed by atoms with Crippen LogP contribution in [0, 0.1) is 0 Å². The predicted molar refractivity (Wildman–Crippen MR) is 87.6 cm³/mol. The molecule has 1 fully saturated rings. The second-order valence-corrected chi connectivity index (χ2v) is 5.94. The molecule has 1 aliphatic rings. The van der Waals surface area contributed by atoms with E-state index in [0.717, 1.165) is 37.6 Å². The summed E-state index contributed by atoms with van der Waals surface area (Å²) in [5.74, 6) is 1.03. The molecule has 6 heteroatoms. The molecule has 0 saturated carbocycles. The normalized spacial score (nSPS) is 15.0. The Morgan fingerprint density at radius 2 is 1.95 bits per heavy atom. The van der Waals surface area contributed by atoms with Gasteiger partial charge in [0.15, 0.2) is 0 Å². The van der Waals surface area contributed by atoms with Crippen LogP contribution in [0.1, 0.15) is 5.69 Å². The van der Waals surface area contributed by atoms with E-state index in [9.17, 15) is 4.79 Å². The van der Waals surface area contributed by atoms with Crippen molar-refractivity contribution in [2.45, 2.75) is 6.42 Å². The minimum Gasteiger partial charge on any atom is -0.497 e. The first-order valence-corrected chi connectivity index (χ1v) is 8.24. The quantitative estimate of drug-likeness (QED) is 0.866. The number of anilines is 1. The fourth-order valence-corrected chi connectivity index (χ4v) is 3.16. The number of methoxy groups -OCH3 is 1. The third-order valence-electron chi connectivity index (χ3n) is 3.89. The number of hydrogen-bond donors (Lipinski definition) is 0. The van der Waals surface area contributed by atoms with Crippen molar-refractivity contribution < 1.29 is 9.53 Å². The Bertz CT molecular complexity index is 605. The number of nitrogens with zero attached hydrogens (tertiary/aromatic N) is 3. The second-order valence-electron chi connectivity index (χ2n) is 5.22. The highest BCUT2D eigenvalue weighted by atomic mass is 32.1. The van der Waals surface area contributed by atoms with Gasteiger partial charge in [-0.2, -0.15) is 0 Å². The van der Waals surface area contributed by atoms with Crippen molar-refractivity contribution in [2.24, 2.45) is 0 Å². The van der Waals surface area contributed by atoms with E-state index in [0.29, 0.717) is 6.42 Å². The van der Waals surface area contributed by atoms with Crippen LogP contribution in [0.5, 0.6) is 5.75 Å². The van der Waals surface area contributed by atoms with E-state index in [2.05, 4.69) is 22.0 Å². The maximum Gasteiger partial charge on any atom is 0.228 e. The molecule has 1 aromatic heterocycles. The van der Waals surface area contributed by atoms with Crippen molar-refractivity contribution in [3.63, 3.8) is 0 Å². The predicted octanol–water partition coefficient (Wildman–Crippen LogP) is 2.04. The van der Waals surface area contributed by atoms with Crippen molar-refractivity contribution in [2.75, 3.05) is 38.2 Å². The van der Waals surface area contributed by atoms with Crippen LogP contribution in [0.2, 0.25) is 0 Å². The Morgan fingerprint density at radius 1 is 1.23 bits per heavy atom. The van der Waals surface area contributed by atoms with Gasteiger partial charge in [-0.05, 0) is 24.3 Å². The van der Waals surface area contributed by atoms with Gasteiger partial charge in [0, 0.05) is 37.2 Å². The molecule has 0 aliphatic carbocycles. The summed E-state index contributed by atoms with van der Waals surface area (Å²) in [5, 5.41) is 1.94. The van der Waals surface area contributed by atoms with E-state index < -0.39 is 0 Å². The molecule has 1 aromatic carbocycles. The molecule has 3 rings (SSSR count). The van der Waals surface area contributed by atoms with Gasteiger partial charge in [0.1, 0.15) is 5.75 Å². The van der Waals surface area contributed by atoms with E-state index in [1.807, 2.05) is 22.4 Å². The van der Waals surface area contributed by atoms with Crippen LogP contribution in [-0.2, 0) is 11.2 Å². The number of carbonyl (C=O) groups is 1. The molecule has 2 heterocycles. The summed E-state index contributed by atoms with van der Waals surface area (Å²) in [4.78, 5) is 20.7. The van der Waals surface area contributed by atoms with Crippen molar-refractivity contribution in [1.29, 1.82) is 0 Å². The molecule has 1 amide bonds. The van der Waals surface area contributed by atoms with Gasteiger partial charge in [0.2, 0.25) is 5.91 Å². The first kappa shape index (κ1) is 14.8.